The number of ether oxygens (including phenoxy) is 1. The van der Waals surface area contributed by atoms with Gasteiger partial charge < -0.3 is 10.1 Å². The lowest BCUT2D eigenvalue weighted by atomic mass is 9.98. The van der Waals surface area contributed by atoms with Crippen molar-refractivity contribution in [1.29, 1.82) is 0 Å². The highest BCUT2D eigenvalue weighted by Gasteiger charge is 2.28. The minimum atomic E-state index is 0.571. The first-order valence-electron chi connectivity index (χ1n) is 7.47. The summed E-state index contributed by atoms with van der Waals surface area (Å²) in [6, 6.07) is 9.39. The normalized spacial score (nSPS) is 24.6. The topological polar surface area (TPSA) is 24.5 Å². The summed E-state index contributed by atoms with van der Waals surface area (Å²) in [7, 11) is 0. The number of fused-ring (bicyclic) bond motifs is 1. The average Bonchev–Trinajstić information content (AvgIpc) is 3.07. The Kier molecular flexibility index (Phi) is 4.16. The Labute approximate surface area is 115 Å². The van der Waals surface area contributed by atoms with Crippen LogP contribution in [0.25, 0.3) is 0 Å². The van der Waals surface area contributed by atoms with Crippen molar-refractivity contribution in [3.63, 3.8) is 0 Å². The van der Waals surface area contributed by atoms with Crippen molar-refractivity contribution >= 4 is 0 Å². The fourth-order valence-electron chi connectivity index (χ4n) is 3.32. The van der Waals surface area contributed by atoms with E-state index in [4.69, 9.17) is 4.74 Å². The molecular weight excluding hydrogens is 236 g/mol. The van der Waals surface area contributed by atoms with E-state index in [0.29, 0.717) is 12.0 Å². The van der Waals surface area contributed by atoms with Gasteiger partial charge in [-0.25, -0.2) is 0 Å². The molecule has 1 aromatic rings. The fraction of sp³-hybridized carbons (Fsp3) is 0.625. The number of hydrogen-bond donors (Lipinski definition) is 1. The minimum Gasteiger partial charge on any atom is -0.381 e. The highest BCUT2D eigenvalue weighted by atomic mass is 16.5. The summed E-state index contributed by atoms with van der Waals surface area (Å²) in [5, 5.41) is 3.66. The molecule has 0 bridgehead atoms. The predicted molar refractivity (Wildman–Crippen MR) is 76.9 cm³/mol. The van der Waals surface area contributed by atoms with Gasteiger partial charge in [0.25, 0.3) is 0 Å². The van der Waals surface area contributed by atoms with E-state index in [1.807, 2.05) is 0 Å². The van der Waals surface area contributed by atoms with Crippen molar-refractivity contribution in [1.82, 2.24) is 10.2 Å². The summed E-state index contributed by atoms with van der Waals surface area (Å²) in [6.45, 7) is 8.45. The van der Waals surface area contributed by atoms with E-state index < -0.39 is 0 Å². The molecule has 1 aromatic carbocycles. The number of likely N-dealkylation sites (N-methyl/N-ethyl adjacent to an activating group) is 1. The van der Waals surface area contributed by atoms with Gasteiger partial charge in [0.2, 0.25) is 0 Å². The van der Waals surface area contributed by atoms with Crippen LogP contribution in [0.1, 0.15) is 24.5 Å². The molecule has 0 radical (unpaired) electrons. The molecular formula is C16H24N2O. The van der Waals surface area contributed by atoms with Crippen LogP contribution >= 0.6 is 0 Å². The van der Waals surface area contributed by atoms with E-state index in [1.165, 1.54) is 17.5 Å². The Morgan fingerprint density at radius 2 is 2.05 bits per heavy atom. The fourth-order valence-corrected chi connectivity index (χ4v) is 3.32. The molecule has 1 fully saturated rings. The summed E-state index contributed by atoms with van der Waals surface area (Å²) in [4.78, 5) is 2.57. The molecule has 2 unspecified atom stereocenters. The number of hydrogen-bond acceptors (Lipinski definition) is 3. The van der Waals surface area contributed by atoms with Gasteiger partial charge >= 0.3 is 0 Å². The zero-order valence-electron chi connectivity index (χ0n) is 11.8. The number of nitrogens with one attached hydrogen (secondary N) is 1. The first kappa shape index (κ1) is 13.1. The molecule has 3 heteroatoms. The lowest BCUT2D eigenvalue weighted by molar-refractivity contribution is 0.161. The van der Waals surface area contributed by atoms with Crippen LogP contribution in [-0.2, 0) is 17.8 Å². The molecule has 0 aliphatic carbocycles. The molecule has 2 aliphatic heterocycles. The van der Waals surface area contributed by atoms with Gasteiger partial charge in [0, 0.05) is 38.2 Å². The van der Waals surface area contributed by atoms with Gasteiger partial charge in [0.1, 0.15) is 0 Å². The van der Waals surface area contributed by atoms with Crippen LogP contribution in [0.15, 0.2) is 24.3 Å². The largest absolute Gasteiger partial charge is 0.381 e. The van der Waals surface area contributed by atoms with E-state index in [9.17, 15) is 0 Å². The highest BCUT2D eigenvalue weighted by molar-refractivity contribution is 5.30. The van der Waals surface area contributed by atoms with Crippen LogP contribution in [0.3, 0.4) is 0 Å². The van der Waals surface area contributed by atoms with Crippen LogP contribution in [0.4, 0.5) is 0 Å². The zero-order chi connectivity index (χ0) is 13.1. The molecule has 0 saturated carbocycles. The van der Waals surface area contributed by atoms with Gasteiger partial charge in [0.15, 0.2) is 0 Å². The maximum Gasteiger partial charge on any atom is 0.0510 e. The maximum absolute atomic E-state index is 5.55. The second kappa shape index (κ2) is 6.04. The molecule has 3 nitrogen and oxygen atoms in total. The Morgan fingerprint density at radius 3 is 2.63 bits per heavy atom. The van der Waals surface area contributed by atoms with Gasteiger partial charge in [-0.1, -0.05) is 31.2 Å². The van der Waals surface area contributed by atoms with Crippen molar-refractivity contribution in [3.05, 3.63) is 35.4 Å². The van der Waals surface area contributed by atoms with Crippen LogP contribution in [0, 0.1) is 5.92 Å². The third-order valence-electron chi connectivity index (χ3n) is 4.36. The van der Waals surface area contributed by atoms with Crippen molar-refractivity contribution in [3.8, 4) is 0 Å². The third-order valence-corrected chi connectivity index (χ3v) is 4.36. The molecule has 2 atom stereocenters. The summed E-state index contributed by atoms with van der Waals surface area (Å²) < 4.78 is 5.55. The van der Waals surface area contributed by atoms with E-state index in [2.05, 4.69) is 41.4 Å². The lowest BCUT2D eigenvalue weighted by Crippen LogP contribution is -2.44. The molecule has 2 aliphatic rings. The van der Waals surface area contributed by atoms with Crippen molar-refractivity contribution < 1.29 is 4.74 Å². The van der Waals surface area contributed by atoms with Crippen LogP contribution in [0.2, 0.25) is 0 Å². The molecule has 104 valence electrons. The average molecular weight is 260 g/mol. The monoisotopic (exact) mass is 260 g/mol. The molecule has 2 heterocycles. The van der Waals surface area contributed by atoms with Gasteiger partial charge in [-0.3, -0.25) is 4.90 Å². The minimum absolute atomic E-state index is 0.571. The van der Waals surface area contributed by atoms with E-state index in [1.54, 1.807) is 0 Å². The first-order chi connectivity index (χ1) is 9.36. The van der Waals surface area contributed by atoms with E-state index in [0.717, 1.165) is 39.4 Å². The number of nitrogens with zero attached hydrogens (tertiary/aromatic N) is 1. The Morgan fingerprint density at radius 1 is 1.32 bits per heavy atom. The smallest absolute Gasteiger partial charge is 0.0510 e. The summed E-state index contributed by atoms with van der Waals surface area (Å²) >= 11 is 0. The lowest BCUT2D eigenvalue weighted by Gasteiger charge is -2.28. The standard InChI is InChI=1S/C16H24N2O/c1-2-17-16(15-7-8-19-12-15)11-18-9-13-5-3-4-6-14(13)10-18/h3-6,15-17H,2,7-12H2,1H3. The van der Waals surface area contributed by atoms with Gasteiger partial charge in [-0.05, 0) is 24.1 Å². The molecule has 0 amide bonds. The summed E-state index contributed by atoms with van der Waals surface area (Å²) in [6.07, 6.45) is 1.21. The second-order valence-electron chi connectivity index (χ2n) is 5.73. The van der Waals surface area contributed by atoms with Crippen molar-refractivity contribution in [2.45, 2.75) is 32.5 Å². The van der Waals surface area contributed by atoms with Gasteiger partial charge in [-0.2, -0.15) is 0 Å². The Hall–Kier alpha value is -0.900. The summed E-state index contributed by atoms with van der Waals surface area (Å²) in [5.41, 5.74) is 3.00. The molecule has 0 spiro atoms. The second-order valence-corrected chi connectivity index (χ2v) is 5.73. The van der Waals surface area contributed by atoms with Crippen LogP contribution in [-0.4, -0.2) is 37.2 Å². The molecule has 0 aromatic heterocycles. The quantitative estimate of drug-likeness (QED) is 0.876. The third kappa shape index (κ3) is 2.99. The zero-order valence-corrected chi connectivity index (χ0v) is 11.8. The van der Waals surface area contributed by atoms with Crippen molar-refractivity contribution in [2.24, 2.45) is 5.92 Å². The highest BCUT2D eigenvalue weighted by Crippen LogP contribution is 2.24. The molecule has 3 rings (SSSR count). The maximum atomic E-state index is 5.55. The predicted octanol–water partition coefficient (Wildman–Crippen LogP) is 2.02. The van der Waals surface area contributed by atoms with E-state index in [-0.39, 0.29) is 0 Å². The molecule has 1 N–H and O–H groups in total. The van der Waals surface area contributed by atoms with Gasteiger partial charge in [0.05, 0.1) is 6.61 Å². The first-order valence-corrected chi connectivity index (χ1v) is 7.47. The van der Waals surface area contributed by atoms with E-state index >= 15 is 0 Å². The SMILES string of the molecule is CCNC(CN1Cc2ccccc2C1)C1CCOC1. The Bertz CT molecular complexity index is 390. The number of rotatable bonds is 5. The van der Waals surface area contributed by atoms with Crippen LogP contribution < -0.4 is 5.32 Å². The molecule has 19 heavy (non-hydrogen) atoms. The van der Waals surface area contributed by atoms with Crippen LogP contribution in [0.5, 0.6) is 0 Å². The molecule has 1 saturated heterocycles. The Balaban J connectivity index is 1.61. The summed E-state index contributed by atoms with van der Waals surface area (Å²) in [5.74, 6) is 0.684. The van der Waals surface area contributed by atoms with Gasteiger partial charge in [-0.15, -0.1) is 0 Å². The van der Waals surface area contributed by atoms with Crippen molar-refractivity contribution in [2.75, 3.05) is 26.3 Å². The number of benzene rings is 1.